The summed E-state index contributed by atoms with van der Waals surface area (Å²) in [6.07, 6.45) is 0. The Labute approximate surface area is 135 Å². The minimum atomic E-state index is -0.417. The van der Waals surface area contributed by atoms with E-state index in [1.807, 2.05) is 36.4 Å². The molecule has 3 rings (SSSR count). The molecule has 0 spiro atoms. The van der Waals surface area contributed by atoms with E-state index in [0.29, 0.717) is 5.69 Å². The maximum absolute atomic E-state index is 11.8. The van der Waals surface area contributed by atoms with Gasteiger partial charge in [-0.05, 0) is 11.6 Å². The number of morpholine rings is 1. The van der Waals surface area contributed by atoms with E-state index in [1.165, 1.54) is 7.11 Å². The van der Waals surface area contributed by atoms with Gasteiger partial charge in [0.15, 0.2) is 0 Å². The molecular formula is C18H20N2O3. The summed E-state index contributed by atoms with van der Waals surface area (Å²) in [5, 5.41) is 0. The monoisotopic (exact) mass is 312 g/mol. The second kappa shape index (κ2) is 7.35. The maximum Gasteiger partial charge on any atom is 0.356 e. The molecule has 0 N–H and O–H groups in total. The Kier molecular flexibility index (Phi) is 5.00. The van der Waals surface area contributed by atoms with Gasteiger partial charge < -0.3 is 9.47 Å². The molecule has 1 aromatic carbocycles. The minimum Gasteiger partial charge on any atom is -0.464 e. The maximum atomic E-state index is 11.8. The van der Waals surface area contributed by atoms with Crippen molar-refractivity contribution in [2.45, 2.75) is 6.54 Å². The fourth-order valence-corrected chi connectivity index (χ4v) is 2.68. The third-order valence-corrected chi connectivity index (χ3v) is 3.92. The summed E-state index contributed by atoms with van der Waals surface area (Å²) in [7, 11) is 1.37. The molecule has 1 fully saturated rings. The Morgan fingerprint density at radius 3 is 2.61 bits per heavy atom. The van der Waals surface area contributed by atoms with Crippen LogP contribution in [0.1, 0.15) is 16.1 Å². The van der Waals surface area contributed by atoms with E-state index in [0.717, 1.165) is 49.7 Å². The molecule has 1 aromatic heterocycles. The molecule has 0 radical (unpaired) electrons. The van der Waals surface area contributed by atoms with Crippen molar-refractivity contribution in [3.05, 3.63) is 53.7 Å². The first-order valence-electron chi connectivity index (χ1n) is 7.71. The van der Waals surface area contributed by atoms with E-state index >= 15 is 0 Å². The number of nitrogens with zero attached hydrogens (tertiary/aromatic N) is 2. The first-order valence-corrected chi connectivity index (χ1v) is 7.71. The van der Waals surface area contributed by atoms with Crippen LogP contribution in [0.5, 0.6) is 0 Å². The number of carbonyl (C=O) groups excluding carboxylic acids is 1. The third kappa shape index (κ3) is 3.75. The van der Waals surface area contributed by atoms with Crippen LogP contribution in [-0.2, 0) is 16.0 Å². The first-order chi connectivity index (χ1) is 11.3. The molecule has 0 aliphatic carbocycles. The molecule has 120 valence electrons. The highest BCUT2D eigenvalue weighted by atomic mass is 16.5. The van der Waals surface area contributed by atoms with Crippen molar-refractivity contribution in [3.63, 3.8) is 0 Å². The van der Waals surface area contributed by atoms with Crippen LogP contribution in [-0.4, -0.2) is 49.3 Å². The molecular weight excluding hydrogens is 292 g/mol. The van der Waals surface area contributed by atoms with E-state index in [4.69, 9.17) is 9.47 Å². The number of benzene rings is 1. The van der Waals surface area contributed by atoms with Gasteiger partial charge in [-0.2, -0.15) is 0 Å². The van der Waals surface area contributed by atoms with E-state index < -0.39 is 5.97 Å². The molecule has 5 heteroatoms. The summed E-state index contributed by atoms with van der Waals surface area (Å²) in [6.45, 7) is 4.13. The van der Waals surface area contributed by atoms with Gasteiger partial charge in [-0.3, -0.25) is 4.90 Å². The Morgan fingerprint density at radius 1 is 1.17 bits per heavy atom. The van der Waals surface area contributed by atoms with Gasteiger partial charge >= 0.3 is 5.97 Å². The summed E-state index contributed by atoms with van der Waals surface area (Å²) in [6, 6.07) is 13.6. The van der Waals surface area contributed by atoms with E-state index in [9.17, 15) is 4.79 Å². The molecule has 0 saturated carbocycles. The highest BCUT2D eigenvalue weighted by Gasteiger charge is 2.17. The smallest absolute Gasteiger partial charge is 0.356 e. The van der Waals surface area contributed by atoms with Gasteiger partial charge in [0.2, 0.25) is 0 Å². The Bertz CT molecular complexity index is 667. The van der Waals surface area contributed by atoms with Crippen molar-refractivity contribution in [1.29, 1.82) is 0 Å². The number of esters is 1. The normalized spacial score (nSPS) is 15.3. The Balaban J connectivity index is 1.95. The lowest BCUT2D eigenvalue weighted by molar-refractivity contribution is 0.0342. The molecule has 23 heavy (non-hydrogen) atoms. The largest absolute Gasteiger partial charge is 0.464 e. The van der Waals surface area contributed by atoms with Crippen molar-refractivity contribution in [3.8, 4) is 11.3 Å². The van der Waals surface area contributed by atoms with Crippen LogP contribution in [0.3, 0.4) is 0 Å². The number of rotatable bonds is 4. The highest BCUT2D eigenvalue weighted by Crippen LogP contribution is 2.24. The Morgan fingerprint density at radius 2 is 1.91 bits per heavy atom. The highest BCUT2D eigenvalue weighted by molar-refractivity contribution is 5.88. The lowest BCUT2D eigenvalue weighted by Crippen LogP contribution is -2.35. The van der Waals surface area contributed by atoms with E-state index in [2.05, 4.69) is 9.88 Å². The number of methoxy groups -OCH3 is 1. The molecule has 0 atom stereocenters. The average Bonchev–Trinajstić information content (AvgIpc) is 2.63. The number of hydrogen-bond acceptors (Lipinski definition) is 5. The molecule has 1 saturated heterocycles. The standard InChI is InChI=1S/C18H20N2O3/c1-22-18(21)16-8-7-15(13-20-9-11-23-12-10-20)17(19-16)14-5-3-2-4-6-14/h2-8H,9-13H2,1H3. The fourth-order valence-electron chi connectivity index (χ4n) is 2.68. The van der Waals surface area contributed by atoms with Crippen LogP contribution in [0.25, 0.3) is 11.3 Å². The van der Waals surface area contributed by atoms with E-state index in [-0.39, 0.29) is 0 Å². The van der Waals surface area contributed by atoms with Gasteiger partial charge in [0, 0.05) is 25.2 Å². The van der Waals surface area contributed by atoms with Crippen LogP contribution >= 0.6 is 0 Å². The van der Waals surface area contributed by atoms with Gasteiger partial charge in [-0.25, -0.2) is 9.78 Å². The molecule has 2 aromatic rings. The van der Waals surface area contributed by atoms with Gasteiger partial charge in [-0.1, -0.05) is 36.4 Å². The summed E-state index contributed by atoms with van der Waals surface area (Å²) >= 11 is 0. The van der Waals surface area contributed by atoms with Crippen LogP contribution in [0.4, 0.5) is 0 Å². The SMILES string of the molecule is COC(=O)c1ccc(CN2CCOCC2)c(-c2ccccc2)n1. The number of pyridine rings is 1. The second-order valence-corrected chi connectivity index (χ2v) is 5.45. The Hall–Kier alpha value is -2.24. The lowest BCUT2D eigenvalue weighted by atomic mass is 10.0. The fraction of sp³-hybridized carbons (Fsp3) is 0.333. The molecule has 0 bridgehead atoms. The van der Waals surface area contributed by atoms with Gasteiger partial charge in [0.25, 0.3) is 0 Å². The minimum absolute atomic E-state index is 0.331. The molecule has 1 aliphatic rings. The molecule has 0 amide bonds. The zero-order valence-corrected chi connectivity index (χ0v) is 13.2. The predicted molar refractivity (Wildman–Crippen MR) is 87.1 cm³/mol. The molecule has 2 heterocycles. The summed E-state index contributed by atoms with van der Waals surface area (Å²) < 4.78 is 10.2. The van der Waals surface area contributed by atoms with Crippen molar-refractivity contribution in [1.82, 2.24) is 9.88 Å². The molecule has 0 unspecified atom stereocenters. The summed E-state index contributed by atoms with van der Waals surface area (Å²) in [4.78, 5) is 18.7. The third-order valence-electron chi connectivity index (χ3n) is 3.92. The number of hydrogen-bond donors (Lipinski definition) is 0. The first kappa shape index (κ1) is 15.6. The topological polar surface area (TPSA) is 51.7 Å². The van der Waals surface area contributed by atoms with Crippen molar-refractivity contribution < 1.29 is 14.3 Å². The predicted octanol–water partition coefficient (Wildman–Crippen LogP) is 2.37. The van der Waals surface area contributed by atoms with Crippen LogP contribution in [0.15, 0.2) is 42.5 Å². The zero-order valence-electron chi connectivity index (χ0n) is 13.2. The van der Waals surface area contributed by atoms with Crippen LogP contribution in [0.2, 0.25) is 0 Å². The average molecular weight is 312 g/mol. The van der Waals surface area contributed by atoms with Crippen molar-refractivity contribution in [2.75, 3.05) is 33.4 Å². The van der Waals surface area contributed by atoms with Crippen LogP contribution < -0.4 is 0 Å². The van der Waals surface area contributed by atoms with Gasteiger partial charge in [0.1, 0.15) is 5.69 Å². The van der Waals surface area contributed by atoms with Gasteiger partial charge in [0.05, 0.1) is 26.0 Å². The number of carbonyl (C=O) groups is 1. The quantitative estimate of drug-likeness (QED) is 0.811. The number of aromatic nitrogens is 1. The van der Waals surface area contributed by atoms with E-state index in [1.54, 1.807) is 6.07 Å². The second-order valence-electron chi connectivity index (χ2n) is 5.45. The summed E-state index contributed by atoms with van der Waals surface area (Å²) in [5.74, 6) is -0.417. The van der Waals surface area contributed by atoms with Gasteiger partial charge in [-0.15, -0.1) is 0 Å². The van der Waals surface area contributed by atoms with Crippen molar-refractivity contribution >= 4 is 5.97 Å². The molecule has 5 nitrogen and oxygen atoms in total. The van der Waals surface area contributed by atoms with Crippen molar-refractivity contribution in [2.24, 2.45) is 0 Å². The van der Waals surface area contributed by atoms with Crippen LogP contribution in [0, 0.1) is 0 Å². The zero-order chi connectivity index (χ0) is 16.1. The number of ether oxygens (including phenoxy) is 2. The summed E-state index contributed by atoms with van der Waals surface area (Å²) in [5.41, 5.74) is 3.27. The molecule has 1 aliphatic heterocycles. The lowest BCUT2D eigenvalue weighted by Gasteiger charge is -2.27.